The third-order valence-electron chi connectivity index (χ3n) is 3.71. The minimum absolute atomic E-state index is 0.306. The fraction of sp³-hybridized carbons (Fsp3) is 0.286. The van der Waals surface area contributed by atoms with E-state index in [0.29, 0.717) is 31.1 Å². The van der Waals surface area contributed by atoms with Crippen LogP contribution in [-0.2, 0) is 20.8 Å². The van der Waals surface area contributed by atoms with Crippen LogP contribution in [-0.4, -0.2) is 30.4 Å². The molecule has 0 fully saturated rings. The quantitative estimate of drug-likeness (QED) is 0.464. The van der Waals surface area contributed by atoms with E-state index in [0.717, 1.165) is 11.1 Å². The molecule has 2 rings (SSSR count). The Morgan fingerprint density at radius 2 is 1.78 bits per heavy atom. The Labute approximate surface area is 159 Å². The highest BCUT2D eigenvalue weighted by Crippen LogP contribution is 2.17. The lowest BCUT2D eigenvalue weighted by Gasteiger charge is -2.13. The van der Waals surface area contributed by atoms with E-state index in [-0.39, 0.29) is 0 Å². The van der Waals surface area contributed by atoms with Gasteiger partial charge in [-0.15, -0.1) is 0 Å². The van der Waals surface area contributed by atoms with Gasteiger partial charge in [-0.3, -0.25) is 10.3 Å². The van der Waals surface area contributed by atoms with E-state index < -0.39 is 12.1 Å². The van der Waals surface area contributed by atoms with Gasteiger partial charge in [0.2, 0.25) is 0 Å². The molecule has 144 valence electrons. The average Bonchev–Trinajstić information content (AvgIpc) is 2.69. The van der Waals surface area contributed by atoms with Crippen molar-refractivity contribution >= 4 is 11.7 Å². The van der Waals surface area contributed by atoms with Gasteiger partial charge < -0.3 is 14.6 Å². The maximum Gasteiger partial charge on any atom is 0.333 e. The second kappa shape index (κ2) is 11.0. The van der Waals surface area contributed by atoms with Gasteiger partial charge in [-0.05, 0) is 31.5 Å². The maximum atomic E-state index is 11.2. The van der Waals surface area contributed by atoms with Crippen molar-refractivity contribution < 1.29 is 24.2 Å². The van der Waals surface area contributed by atoms with Crippen LogP contribution in [0.4, 0.5) is 0 Å². The number of aliphatic carboxylic acids is 1. The number of hydroxylamine groups is 1. The minimum atomic E-state index is -0.963. The van der Waals surface area contributed by atoms with E-state index in [9.17, 15) is 4.79 Å². The molecule has 2 N–H and O–H groups in total. The van der Waals surface area contributed by atoms with Crippen molar-refractivity contribution in [3.63, 3.8) is 0 Å². The van der Waals surface area contributed by atoms with Crippen LogP contribution in [0.3, 0.4) is 0 Å². The second-order valence-corrected chi connectivity index (χ2v) is 5.68. The van der Waals surface area contributed by atoms with Crippen LogP contribution in [0.15, 0.2) is 60.9 Å². The van der Waals surface area contributed by atoms with Crippen molar-refractivity contribution in [2.24, 2.45) is 0 Å². The Morgan fingerprint density at radius 1 is 1.07 bits per heavy atom. The standard InChI is InChI=1S/C21H25NO5/c1-3-25-20(21(23)24)14-16-10-12-18(13-11-16)26-15-19(22-27-4-2)17-8-6-5-7-9-17/h5-13,15,20,22H,3-4,14H2,1-2H3,(H,23,24). The van der Waals surface area contributed by atoms with Gasteiger partial charge in [0, 0.05) is 18.6 Å². The van der Waals surface area contributed by atoms with Gasteiger partial charge in [0.25, 0.3) is 0 Å². The van der Waals surface area contributed by atoms with Crippen molar-refractivity contribution in [3.8, 4) is 5.75 Å². The number of hydrogen-bond donors (Lipinski definition) is 2. The summed E-state index contributed by atoms with van der Waals surface area (Å²) in [5.74, 6) is -0.330. The van der Waals surface area contributed by atoms with Crippen molar-refractivity contribution in [1.29, 1.82) is 0 Å². The van der Waals surface area contributed by atoms with Crippen molar-refractivity contribution in [1.82, 2.24) is 5.48 Å². The van der Waals surface area contributed by atoms with Crippen LogP contribution < -0.4 is 10.2 Å². The van der Waals surface area contributed by atoms with E-state index in [1.165, 1.54) is 0 Å². The predicted molar refractivity (Wildman–Crippen MR) is 103 cm³/mol. The Kier molecular flexibility index (Phi) is 8.35. The van der Waals surface area contributed by atoms with Gasteiger partial charge in [0.15, 0.2) is 6.10 Å². The topological polar surface area (TPSA) is 77.0 Å². The third kappa shape index (κ3) is 6.77. The van der Waals surface area contributed by atoms with Gasteiger partial charge in [0.05, 0.1) is 6.61 Å². The number of benzene rings is 2. The third-order valence-corrected chi connectivity index (χ3v) is 3.71. The average molecular weight is 371 g/mol. The summed E-state index contributed by atoms with van der Waals surface area (Å²) in [7, 11) is 0. The molecular weight excluding hydrogens is 346 g/mol. The number of nitrogens with one attached hydrogen (secondary N) is 1. The first-order valence-electron chi connectivity index (χ1n) is 8.87. The molecule has 0 aliphatic heterocycles. The Bertz CT molecular complexity index is 728. The van der Waals surface area contributed by atoms with Crippen molar-refractivity contribution in [2.45, 2.75) is 26.4 Å². The molecule has 2 aromatic carbocycles. The van der Waals surface area contributed by atoms with E-state index in [1.807, 2.05) is 49.4 Å². The van der Waals surface area contributed by atoms with Crippen LogP contribution in [0, 0.1) is 0 Å². The SMILES string of the molecule is CCONC(=COc1ccc(CC(OCC)C(=O)O)cc1)c1ccccc1. The fourth-order valence-electron chi connectivity index (χ4n) is 2.38. The van der Waals surface area contributed by atoms with Crippen molar-refractivity contribution in [3.05, 3.63) is 72.0 Å². The van der Waals surface area contributed by atoms with E-state index >= 15 is 0 Å². The zero-order valence-electron chi connectivity index (χ0n) is 15.6. The van der Waals surface area contributed by atoms with Crippen LogP contribution >= 0.6 is 0 Å². The first-order valence-corrected chi connectivity index (χ1v) is 8.87. The second-order valence-electron chi connectivity index (χ2n) is 5.68. The molecule has 0 radical (unpaired) electrons. The van der Waals surface area contributed by atoms with Gasteiger partial charge in [-0.2, -0.15) is 0 Å². The van der Waals surface area contributed by atoms with Crippen LogP contribution in [0.5, 0.6) is 5.75 Å². The molecule has 0 aliphatic carbocycles. The Hall–Kier alpha value is -2.83. The van der Waals surface area contributed by atoms with Crippen molar-refractivity contribution in [2.75, 3.05) is 13.2 Å². The highest BCUT2D eigenvalue weighted by atomic mass is 16.6. The summed E-state index contributed by atoms with van der Waals surface area (Å²) in [5.41, 5.74) is 5.37. The lowest BCUT2D eigenvalue weighted by molar-refractivity contribution is -0.149. The van der Waals surface area contributed by atoms with Gasteiger partial charge >= 0.3 is 5.97 Å². The molecule has 0 heterocycles. The molecule has 2 aromatic rings. The smallest absolute Gasteiger partial charge is 0.333 e. The van der Waals surface area contributed by atoms with Crippen LogP contribution in [0.25, 0.3) is 5.70 Å². The highest BCUT2D eigenvalue weighted by Gasteiger charge is 2.17. The number of carbonyl (C=O) groups is 1. The van der Waals surface area contributed by atoms with E-state index in [4.69, 9.17) is 19.4 Å². The lowest BCUT2D eigenvalue weighted by atomic mass is 10.1. The Balaban J connectivity index is 2.05. The molecule has 0 saturated carbocycles. The Morgan fingerprint density at radius 3 is 2.37 bits per heavy atom. The summed E-state index contributed by atoms with van der Waals surface area (Å²) in [6, 6.07) is 16.9. The first-order chi connectivity index (χ1) is 13.1. The normalized spacial score (nSPS) is 12.4. The molecule has 1 atom stereocenters. The summed E-state index contributed by atoms with van der Waals surface area (Å²) in [6.07, 6.45) is 1.04. The molecular formula is C21H25NO5. The van der Waals surface area contributed by atoms with E-state index in [1.54, 1.807) is 25.3 Å². The number of hydrogen-bond acceptors (Lipinski definition) is 5. The lowest BCUT2D eigenvalue weighted by Crippen LogP contribution is -2.26. The zero-order chi connectivity index (χ0) is 19.5. The largest absolute Gasteiger partial charge is 0.479 e. The molecule has 1 unspecified atom stereocenters. The number of ether oxygens (including phenoxy) is 2. The van der Waals surface area contributed by atoms with E-state index in [2.05, 4.69) is 5.48 Å². The molecule has 0 aromatic heterocycles. The molecule has 27 heavy (non-hydrogen) atoms. The zero-order valence-corrected chi connectivity index (χ0v) is 15.6. The molecule has 0 saturated heterocycles. The number of carboxylic acid groups (broad SMARTS) is 1. The summed E-state index contributed by atoms with van der Waals surface area (Å²) in [6.45, 7) is 4.54. The summed E-state index contributed by atoms with van der Waals surface area (Å²) >= 11 is 0. The number of rotatable bonds is 11. The summed E-state index contributed by atoms with van der Waals surface area (Å²) in [4.78, 5) is 16.5. The number of carboxylic acids is 1. The van der Waals surface area contributed by atoms with Gasteiger partial charge in [-0.1, -0.05) is 42.5 Å². The molecule has 0 bridgehead atoms. The molecule has 0 spiro atoms. The van der Waals surface area contributed by atoms with Gasteiger partial charge in [-0.25, -0.2) is 4.79 Å². The fourth-order valence-corrected chi connectivity index (χ4v) is 2.38. The maximum absolute atomic E-state index is 11.2. The summed E-state index contributed by atoms with van der Waals surface area (Å²) in [5, 5.41) is 9.17. The van der Waals surface area contributed by atoms with Gasteiger partial charge in [0.1, 0.15) is 17.7 Å². The van der Waals surface area contributed by atoms with Crippen LogP contribution in [0.2, 0.25) is 0 Å². The highest BCUT2D eigenvalue weighted by molar-refractivity contribution is 5.72. The summed E-state index contributed by atoms with van der Waals surface area (Å²) < 4.78 is 11.0. The molecule has 6 nitrogen and oxygen atoms in total. The molecule has 6 heteroatoms. The minimum Gasteiger partial charge on any atom is -0.479 e. The first kappa shape index (κ1) is 20.5. The molecule has 0 amide bonds. The predicted octanol–water partition coefficient (Wildman–Crippen LogP) is 3.64. The monoisotopic (exact) mass is 371 g/mol. The molecule has 0 aliphatic rings. The van der Waals surface area contributed by atoms with Crippen LogP contribution in [0.1, 0.15) is 25.0 Å².